The van der Waals surface area contributed by atoms with Gasteiger partial charge in [-0.3, -0.25) is 4.79 Å². The summed E-state index contributed by atoms with van der Waals surface area (Å²) < 4.78 is 5.16. The Labute approximate surface area is 144 Å². The van der Waals surface area contributed by atoms with Crippen molar-refractivity contribution in [3.05, 3.63) is 64.7 Å². The van der Waals surface area contributed by atoms with E-state index in [1.165, 1.54) is 29.5 Å². The minimum absolute atomic E-state index is 0.0399. The summed E-state index contributed by atoms with van der Waals surface area (Å²) in [6.07, 6.45) is 6.65. The lowest BCUT2D eigenvalue weighted by Gasteiger charge is -2.16. The SMILES string of the molecule is COc1ccc(CCCNC(=O)c2ccc3c(c2)CCCC3)cc1. The van der Waals surface area contributed by atoms with Gasteiger partial charge in [-0.05, 0) is 79.5 Å². The summed E-state index contributed by atoms with van der Waals surface area (Å²) in [6, 6.07) is 14.3. The van der Waals surface area contributed by atoms with Crippen LogP contribution in [-0.4, -0.2) is 19.6 Å². The van der Waals surface area contributed by atoms with Crippen LogP contribution >= 0.6 is 0 Å². The molecule has 1 amide bonds. The molecule has 0 bridgehead atoms. The summed E-state index contributed by atoms with van der Waals surface area (Å²) in [4.78, 5) is 12.3. The molecular weight excluding hydrogens is 298 g/mol. The number of carbonyl (C=O) groups excluding carboxylic acids is 1. The molecule has 0 atom stereocenters. The summed E-state index contributed by atoms with van der Waals surface area (Å²) in [5, 5.41) is 3.03. The van der Waals surface area contributed by atoms with Gasteiger partial charge in [0.25, 0.3) is 5.91 Å². The Morgan fingerprint density at radius 1 is 1.04 bits per heavy atom. The van der Waals surface area contributed by atoms with Crippen molar-refractivity contribution < 1.29 is 9.53 Å². The maximum Gasteiger partial charge on any atom is 0.251 e. The van der Waals surface area contributed by atoms with Crippen molar-refractivity contribution >= 4 is 5.91 Å². The van der Waals surface area contributed by atoms with Gasteiger partial charge in [-0.2, -0.15) is 0 Å². The fourth-order valence-corrected chi connectivity index (χ4v) is 3.26. The second-order valence-corrected chi connectivity index (χ2v) is 6.40. The normalized spacial score (nSPS) is 13.2. The van der Waals surface area contributed by atoms with Crippen molar-refractivity contribution in [3.63, 3.8) is 0 Å². The van der Waals surface area contributed by atoms with Gasteiger partial charge in [-0.15, -0.1) is 0 Å². The van der Waals surface area contributed by atoms with Crippen LogP contribution in [0.3, 0.4) is 0 Å². The largest absolute Gasteiger partial charge is 0.497 e. The Hall–Kier alpha value is -2.29. The Balaban J connectivity index is 1.47. The highest BCUT2D eigenvalue weighted by molar-refractivity contribution is 5.94. The standard InChI is InChI=1S/C21H25NO2/c1-24-20-12-8-16(9-13-20)5-4-14-22-21(23)19-11-10-17-6-2-3-7-18(17)15-19/h8-13,15H,2-7,14H2,1H3,(H,22,23). The number of rotatable bonds is 6. The minimum atomic E-state index is 0.0399. The van der Waals surface area contributed by atoms with Crippen LogP contribution in [0.5, 0.6) is 5.75 Å². The summed E-state index contributed by atoms with van der Waals surface area (Å²) in [5.74, 6) is 0.914. The zero-order valence-electron chi connectivity index (χ0n) is 14.3. The lowest BCUT2D eigenvalue weighted by molar-refractivity contribution is 0.0953. The van der Waals surface area contributed by atoms with E-state index in [1.807, 2.05) is 18.2 Å². The maximum absolute atomic E-state index is 12.3. The van der Waals surface area contributed by atoms with E-state index in [4.69, 9.17) is 4.74 Å². The molecule has 2 aromatic rings. The number of hydrogen-bond donors (Lipinski definition) is 1. The fraction of sp³-hybridized carbons (Fsp3) is 0.381. The van der Waals surface area contributed by atoms with Gasteiger partial charge in [0.05, 0.1) is 7.11 Å². The number of ether oxygens (including phenoxy) is 1. The van der Waals surface area contributed by atoms with Gasteiger partial charge < -0.3 is 10.1 Å². The van der Waals surface area contributed by atoms with E-state index in [0.717, 1.165) is 37.0 Å². The summed E-state index contributed by atoms with van der Waals surface area (Å²) in [6.45, 7) is 0.696. The Morgan fingerprint density at radius 2 is 1.79 bits per heavy atom. The molecule has 3 rings (SSSR count). The lowest BCUT2D eigenvalue weighted by atomic mass is 9.90. The number of hydrogen-bond acceptors (Lipinski definition) is 2. The van der Waals surface area contributed by atoms with Crippen LogP contribution < -0.4 is 10.1 Å². The van der Waals surface area contributed by atoms with Crippen molar-refractivity contribution in [3.8, 4) is 5.75 Å². The third-order valence-electron chi connectivity index (χ3n) is 4.70. The topological polar surface area (TPSA) is 38.3 Å². The van der Waals surface area contributed by atoms with E-state index < -0.39 is 0 Å². The first-order valence-corrected chi connectivity index (χ1v) is 8.79. The molecule has 3 heteroatoms. The number of carbonyl (C=O) groups is 1. The number of amides is 1. The van der Waals surface area contributed by atoms with Gasteiger partial charge in [0.1, 0.15) is 5.75 Å². The van der Waals surface area contributed by atoms with Crippen LogP contribution in [0, 0.1) is 0 Å². The van der Waals surface area contributed by atoms with E-state index in [2.05, 4.69) is 29.6 Å². The Bertz CT molecular complexity index is 691. The predicted molar refractivity (Wildman–Crippen MR) is 96.7 cm³/mol. The van der Waals surface area contributed by atoms with E-state index >= 15 is 0 Å². The Kier molecular flexibility index (Phi) is 5.52. The second kappa shape index (κ2) is 8.00. The average molecular weight is 323 g/mol. The van der Waals surface area contributed by atoms with Crippen molar-refractivity contribution in [1.82, 2.24) is 5.32 Å². The first-order chi connectivity index (χ1) is 11.8. The second-order valence-electron chi connectivity index (χ2n) is 6.40. The number of benzene rings is 2. The van der Waals surface area contributed by atoms with Gasteiger partial charge in [0, 0.05) is 12.1 Å². The quantitative estimate of drug-likeness (QED) is 0.818. The van der Waals surface area contributed by atoms with Crippen LogP contribution in [0.1, 0.15) is 46.3 Å². The van der Waals surface area contributed by atoms with E-state index in [-0.39, 0.29) is 5.91 Å². The monoisotopic (exact) mass is 323 g/mol. The molecule has 0 aromatic heterocycles. The molecule has 0 saturated carbocycles. The van der Waals surface area contributed by atoms with E-state index in [1.54, 1.807) is 7.11 Å². The van der Waals surface area contributed by atoms with Gasteiger partial charge in [-0.1, -0.05) is 18.2 Å². The zero-order valence-corrected chi connectivity index (χ0v) is 14.3. The van der Waals surface area contributed by atoms with Crippen molar-refractivity contribution in [2.24, 2.45) is 0 Å². The number of methoxy groups -OCH3 is 1. The van der Waals surface area contributed by atoms with Crippen LogP contribution in [0.4, 0.5) is 0 Å². The molecule has 0 heterocycles. The van der Waals surface area contributed by atoms with Crippen LogP contribution in [-0.2, 0) is 19.3 Å². The van der Waals surface area contributed by atoms with Gasteiger partial charge in [0.2, 0.25) is 0 Å². The van der Waals surface area contributed by atoms with Gasteiger partial charge >= 0.3 is 0 Å². The molecule has 0 spiro atoms. The molecule has 1 aliphatic rings. The van der Waals surface area contributed by atoms with Crippen molar-refractivity contribution in [1.29, 1.82) is 0 Å². The van der Waals surface area contributed by atoms with Crippen LogP contribution in [0.15, 0.2) is 42.5 Å². The average Bonchev–Trinajstić information content (AvgIpc) is 2.65. The summed E-state index contributed by atoms with van der Waals surface area (Å²) in [5.41, 5.74) is 4.82. The highest BCUT2D eigenvalue weighted by atomic mass is 16.5. The molecule has 0 radical (unpaired) electrons. The zero-order chi connectivity index (χ0) is 16.8. The molecule has 0 unspecified atom stereocenters. The lowest BCUT2D eigenvalue weighted by Crippen LogP contribution is -2.25. The highest BCUT2D eigenvalue weighted by Gasteiger charge is 2.12. The van der Waals surface area contributed by atoms with Crippen molar-refractivity contribution in [2.45, 2.75) is 38.5 Å². The summed E-state index contributed by atoms with van der Waals surface area (Å²) in [7, 11) is 1.67. The molecule has 0 fully saturated rings. The van der Waals surface area contributed by atoms with Gasteiger partial charge in [-0.25, -0.2) is 0 Å². The molecular formula is C21H25NO2. The number of aryl methyl sites for hydroxylation is 3. The molecule has 0 aliphatic heterocycles. The molecule has 1 N–H and O–H groups in total. The fourth-order valence-electron chi connectivity index (χ4n) is 3.26. The summed E-state index contributed by atoms with van der Waals surface area (Å²) >= 11 is 0. The molecule has 0 saturated heterocycles. The number of nitrogens with one attached hydrogen (secondary N) is 1. The van der Waals surface area contributed by atoms with Crippen molar-refractivity contribution in [2.75, 3.05) is 13.7 Å². The molecule has 24 heavy (non-hydrogen) atoms. The van der Waals surface area contributed by atoms with Gasteiger partial charge in [0.15, 0.2) is 0 Å². The highest BCUT2D eigenvalue weighted by Crippen LogP contribution is 2.22. The van der Waals surface area contributed by atoms with Crippen LogP contribution in [0.25, 0.3) is 0 Å². The molecule has 2 aromatic carbocycles. The Morgan fingerprint density at radius 3 is 2.54 bits per heavy atom. The molecule has 3 nitrogen and oxygen atoms in total. The molecule has 126 valence electrons. The third kappa shape index (κ3) is 4.16. The van der Waals surface area contributed by atoms with Crippen LogP contribution in [0.2, 0.25) is 0 Å². The van der Waals surface area contributed by atoms with E-state index in [9.17, 15) is 4.79 Å². The van der Waals surface area contributed by atoms with E-state index in [0.29, 0.717) is 6.54 Å². The number of fused-ring (bicyclic) bond motifs is 1. The maximum atomic E-state index is 12.3. The predicted octanol–water partition coefficient (Wildman–Crippen LogP) is 3.94. The first kappa shape index (κ1) is 16.6. The first-order valence-electron chi connectivity index (χ1n) is 8.79. The molecule has 1 aliphatic carbocycles. The smallest absolute Gasteiger partial charge is 0.251 e. The minimum Gasteiger partial charge on any atom is -0.497 e. The third-order valence-corrected chi connectivity index (χ3v) is 4.70.